The standard InChI is InChI=1S/C21H16ClN3O3/c22-17-9-4-8-16(11-17)21-24-23-20(28-21)13-27-25-19(26)12-15-7-3-6-14-5-1-2-10-18(14)15/h1-11H,12-13H2,(H,25,26). The quantitative estimate of drug-likeness (QED) is 0.493. The van der Waals surface area contributed by atoms with Gasteiger partial charge in [-0.3, -0.25) is 9.63 Å². The predicted molar refractivity (Wildman–Crippen MR) is 105 cm³/mol. The molecule has 0 aliphatic carbocycles. The highest BCUT2D eigenvalue weighted by atomic mass is 35.5. The van der Waals surface area contributed by atoms with Crippen LogP contribution in [0.15, 0.2) is 71.1 Å². The second-order valence-electron chi connectivity index (χ2n) is 6.14. The zero-order valence-corrected chi connectivity index (χ0v) is 15.5. The molecule has 0 fully saturated rings. The molecule has 0 spiro atoms. The van der Waals surface area contributed by atoms with Crippen molar-refractivity contribution in [3.8, 4) is 11.5 Å². The lowest BCUT2D eigenvalue weighted by Crippen LogP contribution is -2.25. The van der Waals surface area contributed by atoms with E-state index < -0.39 is 0 Å². The van der Waals surface area contributed by atoms with E-state index in [9.17, 15) is 4.79 Å². The smallest absolute Gasteiger partial charge is 0.247 e. The zero-order valence-electron chi connectivity index (χ0n) is 14.8. The van der Waals surface area contributed by atoms with Crippen molar-refractivity contribution >= 4 is 28.3 Å². The lowest BCUT2D eigenvalue weighted by atomic mass is 10.0. The summed E-state index contributed by atoms with van der Waals surface area (Å²) in [4.78, 5) is 17.4. The molecule has 4 aromatic rings. The van der Waals surface area contributed by atoms with Gasteiger partial charge in [0.05, 0.1) is 6.42 Å². The molecule has 0 radical (unpaired) electrons. The van der Waals surface area contributed by atoms with Gasteiger partial charge in [0.2, 0.25) is 17.7 Å². The van der Waals surface area contributed by atoms with Gasteiger partial charge in [0.25, 0.3) is 0 Å². The molecule has 1 amide bonds. The Labute approximate surface area is 166 Å². The molecule has 0 saturated carbocycles. The second-order valence-corrected chi connectivity index (χ2v) is 6.58. The fourth-order valence-electron chi connectivity index (χ4n) is 2.88. The van der Waals surface area contributed by atoms with Crippen molar-refractivity contribution in [3.63, 3.8) is 0 Å². The summed E-state index contributed by atoms with van der Waals surface area (Å²) in [6, 6.07) is 20.9. The topological polar surface area (TPSA) is 77.2 Å². The number of carbonyl (C=O) groups is 1. The molecule has 1 heterocycles. The summed E-state index contributed by atoms with van der Waals surface area (Å²) >= 11 is 5.96. The molecule has 1 N–H and O–H groups in total. The van der Waals surface area contributed by atoms with E-state index in [2.05, 4.69) is 15.7 Å². The minimum atomic E-state index is -0.258. The number of aromatic nitrogens is 2. The average molecular weight is 394 g/mol. The molecular formula is C21H16ClN3O3. The van der Waals surface area contributed by atoms with Crippen molar-refractivity contribution in [2.45, 2.75) is 13.0 Å². The van der Waals surface area contributed by atoms with Crippen LogP contribution >= 0.6 is 11.6 Å². The summed E-state index contributed by atoms with van der Waals surface area (Å²) < 4.78 is 5.53. The van der Waals surface area contributed by atoms with E-state index >= 15 is 0 Å². The number of hydrogen-bond acceptors (Lipinski definition) is 5. The van der Waals surface area contributed by atoms with Gasteiger partial charge in [-0.1, -0.05) is 60.1 Å². The van der Waals surface area contributed by atoms with Gasteiger partial charge < -0.3 is 4.42 Å². The summed E-state index contributed by atoms with van der Waals surface area (Å²) in [6.07, 6.45) is 0.207. The van der Waals surface area contributed by atoms with Crippen LogP contribution in [0.5, 0.6) is 0 Å². The minimum Gasteiger partial charge on any atom is -0.418 e. The Hall–Kier alpha value is -3.22. The van der Waals surface area contributed by atoms with E-state index in [1.165, 1.54) is 0 Å². The van der Waals surface area contributed by atoms with E-state index in [1.807, 2.05) is 48.5 Å². The van der Waals surface area contributed by atoms with E-state index in [-0.39, 0.29) is 24.8 Å². The number of benzene rings is 3. The van der Waals surface area contributed by atoms with Gasteiger partial charge in [-0.05, 0) is 34.5 Å². The third kappa shape index (κ3) is 4.19. The lowest BCUT2D eigenvalue weighted by Gasteiger charge is -2.07. The molecule has 28 heavy (non-hydrogen) atoms. The van der Waals surface area contributed by atoms with E-state index in [0.29, 0.717) is 16.5 Å². The number of halogens is 1. The Kier molecular flexibility index (Phi) is 5.32. The van der Waals surface area contributed by atoms with Crippen molar-refractivity contribution in [2.24, 2.45) is 0 Å². The van der Waals surface area contributed by atoms with Crippen molar-refractivity contribution in [1.82, 2.24) is 15.7 Å². The predicted octanol–water partition coefficient (Wildman–Crippen LogP) is 4.33. The van der Waals surface area contributed by atoms with Crippen molar-refractivity contribution in [3.05, 3.63) is 83.2 Å². The molecule has 1 aromatic heterocycles. The van der Waals surface area contributed by atoms with Crippen LogP contribution in [0.25, 0.3) is 22.2 Å². The van der Waals surface area contributed by atoms with Gasteiger partial charge in [-0.15, -0.1) is 10.2 Å². The maximum Gasteiger partial charge on any atom is 0.247 e. The molecule has 0 atom stereocenters. The van der Waals surface area contributed by atoms with E-state index in [0.717, 1.165) is 16.3 Å². The molecule has 6 nitrogen and oxygen atoms in total. The maximum absolute atomic E-state index is 12.2. The summed E-state index contributed by atoms with van der Waals surface area (Å²) in [5.74, 6) is 0.328. The van der Waals surface area contributed by atoms with Gasteiger partial charge >= 0.3 is 0 Å². The number of fused-ring (bicyclic) bond motifs is 1. The van der Waals surface area contributed by atoms with Crippen LogP contribution in [0.1, 0.15) is 11.5 Å². The Balaban J connectivity index is 1.33. The molecule has 0 unspecified atom stereocenters. The molecule has 4 rings (SSSR count). The summed E-state index contributed by atoms with van der Waals surface area (Å²) in [5, 5.41) is 10.6. The second kappa shape index (κ2) is 8.21. The first-order valence-electron chi connectivity index (χ1n) is 8.64. The highest BCUT2D eigenvalue weighted by Gasteiger charge is 2.11. The van der Waals surface area contributed by atoms with Crippen LogP contribution in [0.4, 0.5) is 0 Å². The third-order valence-corrected chi connectivity index (χ3v) is 4.39. The Morgan fingerprint density at radius 2 is 1.86 bits per heavy atom. The van der Waals surface area contributed by atoms with Crippen LogP contribution in [-0.4, -0.2) is 16.1 Å². The summed E-state index contributed by atoms with van der Waals surface area (Å²) in [5.41, 5.74) is 4.06. The van der Waals surface area contributed by atoms with Crippen LogP contribution in [0, 0.1) is 0 Å². The van der Waals surface area contributed by atoms with Gasteiger partial charge in [0, 0.05) is 10.6 Å². The highest BCUT2D eigenvalue weighted by Crippen LogP contribution is 2.21. The molecule has 7 heteroatoms. The number of rotatable bonds is 6. The number of hydrogen-bond donors (Lipinski definition) is 1. The van der Waals surface area contributed by atoms with E-state index in [4.69, 9.17) is 20.9 Å². The molecule has 0 aliphatic heterocycles. The van der Waals surface area contributed by atoms with Crippen molar-refractivity contribution < 1.29 is 14.0 Å². The monoisotopic (exact) mass is 393 g/mol. The molecule has 3 aromatic carbocycles. The number of carbonyl (C=O) groups excluding carboxylic acids is 1. The highest BCUT2D eigenvalue weighted by molar-refractivity contribution is 6.30. The fourth-order valence-corrected chi connectivity index (χ4v) is 3.07. The fraction of sp³-hybridized carbons (Fsp3) is 0.0952. The maximum atomic E-state index is 12.2. The van der Waals surface area contributed by atoms with Crippen LogP contribution in [0.3, 0.4) is 0 Å². The van der Waals surface area contributed by atoms with E-state index in [1.54, 1.807) is 18.2 Å². The minimum absolute atomic E-state index is 0.0329. The molecule has 0 saturated heterocycles. The number of hydroxylamine groups is 1. The summed E-state index contributed by atoms with van der Waals surface area (Å²) in [6.45, 7) is -0.0329. The first-order valence-corrected chi connectivity index (χ1v) is 9.02. The van der Waals surface area contributed by atoms with Gasteiger partial charge in [-0.2, -0.15) is 0 Å². The lowest BCUT2D eigenvalue weighted by molar-refractivity contribution is -0.134. The number of nitrogens with zero attached hydrogens (tertiary/aromatic N) is 2. The van der Waals surface area contributed by atoms with Crippen LogP contribution in [-0.2, 0) is 22.7 Å². The van der Waals surface area contributed by atoms with Crippen molar-refractivity contribution in [2.75, 3.05) is 0 Å². The number of amides is 1. The first kappa shape index (κ1) is 18.2. The van der Waals surface area contributed by atoms with Crippen LogP contribution < -0.4 is 5.48 Å². The number of nitrogens with one attached hydrogen (secondary N) is 1. The normalized spacial score (nSPS) is 10.9. The molecule has 0 bridgehead atoms. The summed E-state index contributed by atoms with van der Waals surface area (Å²) in [7, 11) is 0. The van der Waals surface area contributed by atoms with Gasteiger partial charge in [0.15, 0.2) is 6.61 Å². The van der Waals surface area contributed by atoms with Crippen LogP contribution in [0.2, 0.25) is 5.02 Å². The SMILES string of the molecule is O=C(Cc1cccc2ccccc12)NOCc1nnc(-c2cccc(Cl)c2)o1. The van der Waals surface area contributed by atoms with Crippen molar-refractivity contribution in [1.29, 1.82) is 0 Å². The third-order valence-electron chi connectivity index (χ3n) is 4.15. The molecule has 0 aliphatic rings. The Morgan fingerprint density at radius 1 is 1.04 bits per heavy atom. The first-order chi connectivity index (χ1) is 13.7. The molecule has 140 valence electrons. The molecular weight excluding hydrogens is 378 g/mol. The Bertz CT molecular complexity index is 1120. The Morgan fingerprint density at radius 3 is 2.75 bits per heavy atom. The average Bonchev–Trinajstić information content (AvgIpc) is 3.17. The van der Waals surface area contributed by atoms with Gasteiger partial charge in [-0.25, -0.2) is 5.48 Å². The largest absolute Gasteiger partial charge is 0.418 e. The van der Waals surface area contributed by atoms with Gasteiger partial charge in [0.1, 0.15) is 0 Å². The zero-order chi connectivity index (χ0) is 19.3.